The maximum Gasteiger partial charge on any atom is 0.413 e. The first-order valence-electron chi connectivity index (χ1n) is 21.6. The largest absolute Gasteiger partial charge is 0.456 e. The summed E-state index contributed by atoms with van der Waals surface area (Å²) in [5.74, 6) is -5.86. The van der Waals surface area contributed by atoms with E-state index in [0.717, 1.165) is 6.92 Å². The van der Waals surface area contributed by atoms with E-state index in [1.807, 2.05) is 0 Å². The van der Waals surface area contributed by atoms with Crippen molar-refractivity contribution in [2.45, 2.75) is 154 Å². The molecule has 1 amide bonds. The van der Waals surface area contributed by atoms with Gasteiger partial charge in [-0.3, -0.25) is 19.3 Å². The van der Waals surface area contributed by atoms with Crippen LogP contribution < -0.4 is 0 Å². The number of esters is 4. The molecule has 5 aliphatic rings. The SMILES string of the molecule is CC(=O)O[C@H]1C(=O)[C@@]2(C)C(C(OC(=O)c3ccccc3)[C@]3(O)C[C@H](OC(=O)[C@@H]4OC(C)(C)N(C(=O)OC(C)(C)C)[C@H]4c4ccccc4)C(C)=C1C3(C)C)[C@]1(OC(C)=O)CO[C@@H]1C[C@@H]2O. The average molecular weight is 890 g/mol. The zero-order valence-corrected chi connectivity index (χ0v) is 38.2. The van der Waals surface area contributed by atoms with E-state index in [4.69, 9.17) is 33.2 Å². The van der Waals surface area contributed by atoms with Gasteiger partial charge in [0.15, 0.2) is 23.6 Å². The van der Waals surface area contributed by atoms with Gasteiger partial charge in [-0.05, 0) is 77.3 Å². The van der Waals surface area contributed by atoms with Crippen LogP contribution in [0.15, 0.2) is 71.8 Å². The third-order valence-electron chi connectivity index (χ3n) is 14.0. The van der Waals surface area contributed by atoms with Crippen molar-refractivity contribution < 1.29 is 72.1 Å². The number of aliphatic hydroxyl groups excluding tert-OH is 1. The van der Waals surface area contributed by atoms with Crippen LogP contribution in [0.2, 0.25) is 0 Å². The number of amides is 1. The third-order valence-corrected chi connectivity index (χ3v) is 14.0. The van der Waals surface area contributed by atoms with Gasteiger partial charge in [-0.2, -0.15) is 0 Å². The first-order valence-corrected chi connectivity index (χ1v) is 21.6. The number of Topliss-reactive ketones (excluding diaryl/α,β-unsaturated/α-hetero) is 1. The molecule has 2 N–H and O–H groups in total. The molecule has 16 heteroatoms. The number of fused-ring (bicyclic) bond motifs is 5. The molecule has 0 aromatic heterocycles. The molecule has 0 spiro atoms. The van der Waals surface area contributed by atoms with Crippen LogP contribution >= 0.6 is 0 Å². The minimum atomic E-state index is -2.36. The molecule has 7 rings (SSSR count). The highest BCUT2D eigenvalue weighted by atomic mass is 16.6. The number of hydrogen-bond donors (Lipinski definition) is 2. The summed E-state index contributed by atoms with van der Waals surface area (Å²) in [6.07, 6.45) is -10.5. The first kappa shape index (κ1) is 46.8. The topological polar surface area (TPSA) is 211 Å². The number of ether oxygens (including phenoxy) is 7. The normalized spacial score (nSPS) is 35.0. The van der Waals surface area contributed by atoms with Crippen LogP contribution in [0.4, 0.5) is 4.79 Å². The highest BCUT2D eigenvalue weighted by Crippen LogP contribution is 2.64. The molecule has 64 heavy (non-hydrogen) atoms. The number of hydrogen-bond acceptors (Lipinski definition) is 15. The van der Waals surface area contributed by atoms with Gasteiger partial charge in [0.1, 0.15) is 41.3 Å². The highest BCUT2D eigenvalue weighted by Gasteiger charge is 2.78. The summed E-state index contributed by atoms with van der Waals surface area (Å²) >= 11 is 0. The lowest BCUT2D eigenvalue weighted by molar-refractivity contribution is -0.346. The number of benzene rings is 2. The van der Waals surface area contributed by atoms with Crippen LogP contribution in [0, 0.1) is 16.7 Å². The number of nitrogens with zero attached hydrogens (tertiary/aromatic N) is 1. The van der Waals surface area contributed by atoms with Gasteiger partial charge in [0.2, 0.25) is 0 Å². The van der Waals surface area contributed by atoms with Crippen molar-refractivity contribution in [3.05, 3.63) is 82.9 Å². The Bertz CT molecular complexity index is 2250. The second-order valence-electron chi connectivity index (χ2n) is 19.9. The molecule has 4 fully saturated rings. The fourth-order valence-corrected chi connectivity index (χ4v) is 10.9. The van der Waals surface area contributed by atoms with Gasteiger partial charge in [0.05, 0.1) is 29.6 Å². The molecule has 2 bridgehead atoms. The lowest BCUT2D eigenvalue weighted by Gasteiger charge is -2.67. The molecule has 2 heterocycles. The Hall–Kier alpha value is -5.16. The Morgan fingerprint density at radius 3 is 2.02 bits per heavy atom. The van der Waals surface area contributed by atoms with Crippen molar-refractivity contribution >= 4 is 35.8 Å². The predicted octanol–water partition coefficient (Wildman–Crippen LogP) is 5.32. The Kier molecular flexibility index (Phi) is 11.8. The van der Waals surface area contributed by atoms with Gasteiger partial charge in [-0.1, -0.05) is 62.4 Å². The lowest BCUT2D eigenvalue weighted by atomic mass is 9.44. The number of rotatable bonds is 7. The van der Waals surface area contributed by atoms with Crippen LogP contribution in [0.25, 0.3) is 0 Å². The molecule has 3 aliphatic carbocycles. The maximum atomic E-state index is 15.6. The molecule has 0 radical (unpaired) electrons. The summed E-state index contributed by atoms with van der Waals surface area (Å²) in [7, 11) is 0. The van der Waals surface area contributed by atoms with Gasteiger partial charge in [-0.25, -0.2) is 14.4 Å². The van der Waals surface area contributed by atoms with Crippen LogP contribution in [-0.2, 0) is 52.3 Å². The van der Waals surface area contributed by atoms with Crippen molar-refractivity contribution in [3.63, 3.8) is 0 Å². The molecule has 16 nitrogen and oxygen atoms in total. The lowest BCUT2D eigenvalue weighted by Crippen LogP contribution is -2.82. The van der Waals surface area contributed by atoms with E-state index in [0.29, 0.717) is 5.56 Å². The summed E-state index contributed by atoms with van der Waals surface area (Å²) in [4.78, 5) is 86.3. The van der Waals surface area contributed by atoms with Gasteiger partial charge >= 0.3 is 30.0 Å². The molecule has 2 aliphatic heterocycles. The molecular formula is C48H59NO15. The zero-order valence-electron chi connectivity index (χ0n) is 38.2. The molecule has 2 aromatic rings. The molecule has 2 saturated heterocycles. The average Bonchev–Trinajstić information content (AvgIpc) is 3.49. The van der Waals surface area contributed by atoms with Gasteiger partial charge in [0.25, 0.3) is 0 Å². The van der Waals surface area contributed by atoms with E-state index >= 15 is 4.79 Å². The second kappa shape index (κ2) is 16.1. The summed E-state index contributed by atoms with van der Waals surface area (Å²) in [5, 5.41) is 26.0. The summed E-state index contributed by atoms with van der Waals surface area (Å²) in [6, 6.07) is 15.6. The van der Waals surface area contributed by atoms with Crippen molar-refractivity contribution in [1.29, 1.82) is 0 Å². The maximum absolute atomic E-state index is 15.6. The van der Waals surface area contributed by atoms with Gasteiger partial charge < -0.3 is 43.4 Å². The Morgan fingerprint density at radius 2 is 1.47 bits per heavy atom. The monoisotopic (exact) mass is 889 g/mol. The van der Waals surface area contributed by atoms with E-state index in [1.165, 1.54) is 30.9 Å². The Morgan fingerprint density at radius 1 is 0.859 bits per heavy atom. The van der Waals surface area contributed by atoms with Crippen molar-refractivity contribution in [3.8, 4) is 0 Å². The molecule has 11 atom stereocenters. The minimum Gasteiger partial charge on any atom is -0.456 e. The van der Waals surface area contributed by atoms with Crippen LogP contribution in [-0.4, -0.2) is 117 Å². The smallest absolute Gasteiger partial charge is 0.413 e. The van der Waals surface area contributed by atoms with E-state index in [-0.39, 0.29) is 29.7 Å². The Labute approximate surface area is 372 Å². The molecular weight excluding hydrogens is 831 g/mol. The second-order valence-corrected chi connectivity index (χ2v) is 19.9. The zero-order chi connectivity index (χ0) is 47.1. The summed E-state index contributed by atoms with van der Waals surface area (Å²) in [5.41, 5.74) is -9.21. The number of carbonyl (C=O) groups excluding carboxylic acids is 6. The van der Waals surface area contributed by atoms with E-state index in [1.54, 1.807) is 104 Å². The minimum absolute atomic E-state index is 0.0445. The van der Waals surface area contributed by atoms with Gasteiger partial charge in [0, 0.05) is 32.1 Å². The molecule has 2 aromatic carbocycles. The molecule has 346 valence electrons. The number of aliphatic hydroxyl groups is 2. The highest BCUT2D eigenvalue weighted by molar-refractivity contribution is 5.95. The quantitative estimate of drug-likeness (QED) is 0.205. The van der Waals surface area contributed by atoms with Crippen molar-refractivity contribution in [2.24, 2.45) is 16.7 Å². The Balaban J connectivity index is 1.42. The standard InChI is InChI=1S/C48H59NO15/c1-25-30(60-41(55)36-34(28-18-14-12-15-19-28)49(45(9,10)63-36)42(56)64-43(4,5)6)23-48(57)39(61-40(54)29-20-16-13-17-21-29)37-46(11,31(52)22-32-47(37,24-58-32)62-27(3)51)38(53)35(59-26(2)50)33(25)44(48,7)8/h12-21,30-32,34-37,39,52,57H,22-24H2,1-11H3/t30-,31-,32+,34-,35+,36+,37?,39?,46+,47-,48+/m0/s1. The van der Waals surface area contributed by atoms with E-state index in [2.05, 4.69) is 0 Å². The molecule has 2 unspecified atom stereocenters. The fourth-order valence-electron chi connectivity index (χ4n) is 10.9. The molecule has 2 saturated carbocycles. The number of carbonyl (C=O) groups is 6. The summed E-state index contributed by atoms with van der Waals surface area (Å²) in [6.45, 7) is 16.6. The van der Waals surface area contributed by atoms with E-state index < -0.39 is 124 Å². The number of ketones is 1. The fraction of sp³-hybridized carbons (Fsp3) is 0.583. The van der Waals surface area contributed by atoms with Crippen molar-refractivity contribution in [2.75, 3.05) is 6.61 Å². The third kappa shape index (κ3) is 7.49. The first-order chi connectivity index (χ1) is 29.7. The predicted molar refractivity (Wildman–Crippen MR) is 225 cm³/mol. The summed E-state index contributed by atoms with van der Waals surface area (Å²) < 4.78 is 43.0. The van der Waals surface area contributed by atoms with Crippen LogP contribution in [0.3, 0.4) is 0 Å². The van der Waals surface area contributed by atoms with Crippen LogP contribution in [0.1, 0.15) is 111 Å². The van der Waals surface area contributed by atoms with Crippen molar-refractivity contribution in [1.82, 2.24) is 4.90 Å². The van der Waals surface area contributed by atoms with Crippen LogP contribution in [0.5, 0.6) is 0 Å². The van der Waals surface area contributed by atoms with Gasteiger partial charge in [-0.15, -0.1) is 0 Å². The van der Waals surface area contributed by atoms with E-state index in [9.17, 15) is 34.2 Å².